The number of piperidine rings is 3. The molecule has 1 aromatic rings. The molecule has 0 saturated carbocycles. The fourth-order valence-corrected chi connectivity index (χ4v) is 12.2. The van der Waals surface area contributed by atoms with Gasteiger partial charge in [-0.3, -0.25) is 29.1 Å². The van der Waals surface area contributed by atoms with Crippen LogP contribution in [0.2, 0.25) is 0 Å². The van der Waals surface area contributed by atoms with Gasteiger partial charge in [0.2, 0.25) is 17.8 Å². The van der Waals surface area contributed by atoms with Crippen molar-refractivity contribution in [2.45, 2.75) is 173 Å². The molecule has 15 nitrogen and oxygen atoms in total. The molecule has 3 aliphatic heterocycles. The molecule has 69 heavy (non-hydrogen) atoms. The summed E-state index contributed by atoms with van der Waals surface area (Å²) in [5, 5.41) is 0. The van der Waals surface area contributed by atoms with E-state index < -0.39 is 17.9 Å². The maximum atomic E-state index is 14.0. The molecule has 0 N–H and O–H groups in total. The molecule has 3 aliphatic rings. The van der Waals surface area contributed by atoms with Crippen LogP contribution in [-0.2, 0) is 28.6 Å². The highest BCUT2D eigenvalue weighted by atomic mass is 16.5. The number of aromatic nitrogens is 3. The molecular weight excluding hydrogens is 871 g/mol. The van der Waals surface area contributed by atoms with Crippen LogP contribution >= 0.6 is 0 Å². The lowest BCUT2D eigenvalue weighted by Gasteiger charge is -2.57. The largest absolute Gasteiger partial charge is 0.460 e. The Balaban J connectivity index is 2.12. The summed E-state index contributed by atoms with van der Waals surface area (Å²) < 4.78 is 17.1. The van der Waals surface area contributed by atoms with Gasteiger partial charge >= 0.3 is 17.9 Å². The SMILES string of the molecule is C=CCOC(=O)CN(c1nc(N(CC(=O)OCC=C)C2CC(C)(C)N(CC=C)C(C)(C)C2)nc(N(CC(=O)OCC=C)C2CC(C)(C)N(CC=C)C(C)(C)C2)n1)C1CC(C)(C)N(CC=C)C(C)(C)C1. The summed E-state index contributed by atoms with van der Waals surface area (Å²) in [5.41, 5.74) is -2.10. The molecule has 384 valence electrons. The highest BCUT2D eigenvalue weighted by Crippen LogP contribution is 2.45. The summed E-state index contributed by atoms with van der Waals surface area (Å²) in [6.45, 7) is 51.6. The van der Waals surface area contributed by atoms with Crippen LogP contribution in [0.25, 0.3) is 0 Å². The molecule has 0 amide bonds. The Morgan fingerprint density at radius 2 is 0.638 bits per heavy atom. The zero-order valence-corrected chi connectivity index (χ0v) is 44.5. The minimum atomic E-state index is -0.478. The minimum Gasteiger partial charge on any atom is -0.460 e. The van der Waals surface area contributed by atoms with Crippen LogP contribution < -0.4 is 14.7 Å². The first kappa shape index (κ1) is 56.7. The lowest BCUT2D eigenvalue weighted by Crippen LogP contribution is -2.65. The highest BCUT2D eigenvalue weighted by molar-refractivity contribution is 5.78. The molecule has 1 aromatic heterocycles. The monoisotopic (exact) mass is 958 g/mol. The number of likely N-dealkylation sites (tertiary alicyclic amines) is 3. The molecule has 0 bridgehead atoms. The van der Waals surface area contributed by atoms with E-state index in [1.807, 2.05) is 32.9 Å². The third-order valence-electron chi connectivity index (χ3n) is 14.4. The Bertz CT molecular complexity index is 1740. The van der Waals surface area contributed by atoms with E-state index in [2.05, 4.69) is 137 Å². The van der Waals surface area contributed by atoms with Crippen LogP contribution in [0.5, 0.6) is 0 Å². The first-order valence-electron chi connectivity index (χ1n) is 24.6. The lowest BCUT2D eigenvalue weighted by atomic mass is 9.76. The molecule has 0 radical (unpaired) electrons. The number of hydrogen-bond acceptors (Lipinski definition) is 15. The molecule has 15 heteroatoms. The number of hydrogen-bond donors (Lipinski definition) is 0. The standard InChI is InChI=1S/C54H87N9O6/c1-19-25-61-49(7,8)31-40(32-50(61,9)10)58(37-43(64)67-28-22-4)46-55-47(59(38-44(65)68-29-23-5)41-33-51(11,12)62(26-20-2)52(13,14)34-41)57-48(56-46)60(39-45(66)69-30-24-6)42-35-53(15,16)63(27-21-3)54(17,18)36-42/h19-24,40-42H,1-6,25-39H2,7-18H3. The predicted octanol–water partition coefficient (Wildman–Crippen LogP) is 8.10. The van der Waals surface area contributed by atoms with Crippen molar-refractivity contribution in [2.75, 3.05) is 73.8 Å². The number of carbonyl (C=O) groups excluding carboxylic acids is 3. The van der Waals surface area contributed by atoms with Gasteiger partial charge in [-0.25, -0.2) is 0 Å². The summed E-state index contributed by atoms with van der Waals surface area (Å²) >= 11 is 0. The fourth-order valence-electron chi connectivity index (χ4n) is 12.2. The highest BCUT2D eigenvalue weighted by Gasteiger charge is 2.51. The number of anilines is 3. The molecule has 0 atom stereocenters. The normalized spacial score (nSPS) is 21.2. The van der Waals surface area contributed by atoms with Gasteiger partial charge in [0, 0.05) is 71.0 Å². The minimum absolute atomic E-state index is 0.0303. The third-order valence-corrected chi connectivity index (χ3v) is 14.4. The Labute approximate surface area is 415 Å². The third kappa shape index (κ3) is 13.9. The van der Waals surface area contributed by atoms with E-state index in [1.165, 1.54) is 0 Å². The van der Waals surface area contributed by atoms with Crippen molar-refractivity contribution in [1.82, 2.24) is 29.7 Å². The lowest BCUT2D eigenvalue weighted by molar-refractivity contribution is -0.141. The topological polar surface area (TPSA) is 137 Å². The maximum absolute atomic E-state index is 14.0. The average molecular weight is 958 g/mol. The van der Waals surface area contributed by atoms with Gasteiger partial charge in [-0.05, 0) is 122 Å². The van der Waals surface area contributed by atoms with Crippen LogP contribution in [0.15, 0.2) is 75.9 Å². The van der Waals surface area contributed by atoms with Crippen molar-refractivity contribution in [3.8, 4) is 0 Å². The Morgan fingerprint density at radius 3 is 0.812 bits per heavy atom. The Kier molecular flexibility index (Phi) is 18.8. The second kappa shape index (κ2) is 22.9. The number of carbonyl (C=O) groups is 3. The van der Waals surface area contributed by atoms with E-state index >= 15 is 0 Å². The Morgan fingerprint density at radius 1 is 0.435 bits per heavy atom. The van der Waals surface area contributed by atoms with E-state index in [1.54, 1.807) is 18.2 Å². The van der Waals surface area contributed by atoms with Crippen LogP contribution in [-0.4, -0.2) is 158 Å². The second-order valence-electron chi connectivity index (χ2n) is 22.8. The van der Waals surface area contributed by atoms with Crippen molar-refractivity contribution in [2.24, 2.45) is 0 Å². The maximum Gasteiger partial charge on any atom is 0.325 e. The molecule has 3 saturated heterocycles. The van der Waals surface area contributed by atoms with Crippen LogP contribution in [0.4, 0.5) is 17.8 Å². The Hall–Kier alpha value is -4.86. The zero-order chi connectivity index (χ0) is 51.8. The summed E-state index contributed by atoms with van der Waals surface area (Å²) in [6, 6.07) is -0.813. The number of esters is 3. The molecule has 4 rings (SSSR count). The van der Waals surface area contributed by atoms with E-state index in [0.717, 1.165) is 0 Å². The van der Waals surface area contributed by atoms with Gasteiger partial charge in [0.15, 0.2) is 0 Å². The number of ether oxygens (including phenoxy) is 3. The van der Waals surface area contributed by atoms with Crippen molar-refractivity contribution < 1.29 is 28.6 Å². The molecule has 0 spiro atoms. The van der Waals surface area contributed by atoms with Gasteiger partial charge in [-0.15, -0.1) is 19.7 Å². The second-order valence-corrected chi connectivity index (χ2v) is 22.8. The summed E-state index contributed by atoms with van der Waals surface area (Å²) in [7, 11) is 0. The van der Waals surface area contributed by atoms with Gasteiger partial charge in [-0.2, -0.15) is 15.0 Å². The molecule has 4 heterocycles. The van der Waals surface area contributed by atoms with Crippen LogP contribution in [0.3, 0.4) is 0 Å². The van der Waals surface area contributed by atoms with Crippen molar-refractivity contribution in [1.29, 1.82) is 0 Å². The zero-order valence-electron chi connectivity index (χ0n) is 44.5. The van der Waals surface area contributed by atoms with Gasteiger partial charge in [-0.1, -0.05) is 56.2 Å². The van der Waals surface area contributed by atoms with E-state index in [4.69, 9.17) is 29.2 Å². The quantitative estimate of drug-likeness (QED) is 0.0560. The fraction of sp³-hybridized carbons (Fsp3) is 0.667. The van der Waals surface area contributed by atoms with Crippen molar-refractivity contribution >= 4 is 35.8 Å². The molecular formula is C54H87N9O6. The van der Waals surface area contributed by atoms with Gasteiger partial charge in [0.25, 0.3) is 0 Å². The van der Waals surface area contributed by atoms with Gasteiger partial charge < -0.3 is 28.9 Å². The predicted molar refractivity (Wildman–Crippen MR) is 280 cm³/mol. The summed E-state index contributed by atoms with van der Waals surface area (Å²) in [4.78, 5) is 71.2. The number of rotatable bonds is 24. The van der Waals surface area contributed by atoms with Crippen LogP contribution in [0.1, 0.15) is 122 Å². The summed E-state index contributed by atoms with van der Waals surface area (Å²) in [5.74, 6) is -0.772. The molecule has 3 fully saturated rings. The van der Waals surface area contributed by atoms with Crippen molar-refractivity contribution in [3.63, 3.8) is 0 Å². The van der Waals surface area contributed by atoms with Crippen LogP contribution in [0, 0.1) is 0 Å². The van der Waals surface area contributed by atoms with E-state index in [9.17, 15) is 14.4 Å². The van der Waals surface area contributed by atoms with Gasteiger partial charge in [0.05, 0.1) is 0 Å². The summed E-state index contributed by atoms with van der Waals surface area (Å²) in [6.07, 6.45) is 14.2. The molecule has 0 unspecified atom stereocenters. The first-order valence-corrected chi connectivity index (χ1v) is 24.6. The van der Waals surface area contributed by atoms with Gasteiger partial charge in [0.1, 0.15) is 39.5 Å². The van der Waals surface area contributed by atoms with Crippen molar-refractivity contribution in [3.05, 3.63) is 75.9 Å². The smallest absolute Gasteiger partial charge is 0.325 e. The first-order chi connectivity index (χ1) is 32.1. The van der Waals surface area contributed by atoms with E-state index in [0.29, 0.717) is 58.2 Å². The molecule has 0 aromatic carbocycles. The number of nitrogens with zero attached hydrogens (tertiary/aromatic N) is 9. The molecule has 0 aliphatic carbocycles. The van der Waals surface area contributed by atoms with E-state index in [-0.39, 0.29) is 109 Å². The average Bonchev–Trinajstić information content (AvgIpc) is 3.24.